The van der Waals surface area contributed by atoms with E-state index in [0.29, 0.717) is 13.2 Å². The molecule has 3 aromatic rings. The van der Waals surface area contributed by atoms with Crippen molar-refractivity contribution < 1.29 is 14.2 Å². The van der Waals surface area contributed by atoms with Gasteiger partial charge in [0.15, 0.2) is 17.6 Å². The Kier molecular flexibility index (Phi) is 7.01. The molecule has 4 rings (SSSR count). The van der Waals surface area contributed by atoms with Crippen LogP contribution in [0.4, 0.5) is 0 Å². The van der Waals surface area contributed by atoms with Crippen molar-refractivity contribution in [3.8, 4) is 11.5 Å². The highest BCUT2D eigenvalue weighted by molar-refractivity contribution is 5.40. The third-order valence-corrected chi connectivity index (χ3v) is 5.30. The largest absolute Gasteiger partial charge is 0.490 e. The Labute approximate surface area is 179 Å². The molecule has 0 aliphatic carbocycles. The first-order valence-electron chi connectivity index (χ1n) is 10.6. The lowest BCUT2D eigenvalue weighted by Gasteiger charge is -2.37. The van der Waals surface area contributed by atoms with Crippen molar-refractivity contribution in [2.24, 2.45) is 0 Å². The molecule has 0 aromatic heterocycles. The molecule has 1 aliphatic heterocycles. The van der Waals surface area contributed by atoms with Crippen LogP contribution in [0.2, 0.25) is 0 Å². The normalized spacial score (nSPS) is 18.0. The van der Waals surface area contributed by atoms with Crippen LogP contribution in [0.25, 0.3) is 0 Å². The lowest BCUT2D eigenvalue weighted by atomic mass is 10.0. The minimum absolute atomic E-state index is 0.0699. The Morgan fingerprint density at radius 2 is 1.57 bits per heavy atom. The van der Waals surface area contributed by atoms with Gasteiger partial charge in [0.05, 0.1) is 13.2 Å². The van der Waals surface area contributed by atoms with Crippen molar-refractivity contribution in [2.45, 2.75) is 25.7 Å². The molecular weight excluding hydrogens is 374 g/mol. The third kappa shape index (κ3) is 5.21. The maximum atomic E-state index is 6.55. The van der Waals surface area contributed by atoms with Gasteiger partial charge in [-0.05, 0) is 30.2 Å². The van der Waals surface area contributed by atoms with Crippen LogP contribution < -0.4 is 9.47 Å². The van der Waals surface area contributed by atoms with E-state index in [0.717, 1.165) is 36.7 Å². The summed E-state index contributed by atoms with van der Waals surface area (Å²) in [7, 11) is 0. The molecule has 30 heavy (non-hydrogen) atoms. The lowest BCUT2D eigenvalue weighted by molar-refractivity contribution is -0.0843. The SMILES string of the molecule is CCOc1ccccc1O[C@H](c1ccccc1)[C@@H]1CN(Cc2ccccc2)CCO1. The molecule has 1 saturated heterocycles. The molecule has 2 atom stereocenters. The molecule has 1 aliphatic rings. The molecule has 1 fully saturated rings. The monoisotopic (exact) mass is 403 g/mol. The van der Waals surface area contributed by atoms with Gasteiger partial charge in [-0.15, -0.1) is 0 Å². The van der Waals surface area contributed by atoms with E-state index in [1.165, 1.54) is 5.56 Å². The van der Waals surface area contributed by atoms with Gasteiger partial charge in [-0.1, -0.05) is 72.8 Å². The molecule has 0 radical (unpaired) electrons. The first-order chi connectivity index (χ1) is 14.8. The van der Waals surface area contributed by atoms with Crippen molar-refractivity contribution in [1.29, 1.82) is 0 Å². The Morgan fingerprint density at radius 3 is 2.30 bits per heavy atom. The minimum atomic E-state index is -0.216. The van der Waals surface area contributed by atoms with Gasteiger partial charge < -0.3 is 14.2 Å². The summed E-state index contributed by atoms with van der Waals surface area (Å²) in [5.74, 6) is 1.51. The number of para-hydroxylation sites is 2. The fourth-order valence-electron chi connectivity index (χ4n) is 3.86. The summed E-state index contributed by atoms with van der Waals surface area (Å²) < 4.78 is 18.6. The Morgan fingerprint density at radius 1 is 0.900 bits per heavy atom. The summed E-state index contributed by atoms with van der Waals surface area (Å²) >= 11 is 0. The molecule has 156 valence electrons. The highest BCUT2D eigenvalue weighted by Crippen LogP contribution is 2.34. The van der Waals surface area contributed by atoms with Gasteiger partial charge in [0.2, 0.25) is 0 Å². The zero-order valence-electron chi connectivity index (χ0n) is 17.4. The minimum Gasteiger partial charge on any atom is -0.490 e. The van der Waals surface area contributed by atoms with E-state index >= 15 is 0 Å². The Balaban J connectivity index is 1.55. The topological polar surface area (TPSA) is 30.9 Å². The van der Waals surface area contributed by atoms with Gasteiger partial charge in [0.25, 0.3) is 0 Å². The van der Waals surface area contributed by atoms with E-state index in [2.05, 4.69) is 47.4 Å². The van der Waals surface area contributed by atoms with E-state index in [1.54, 1.807) is 0 Å². The van der Waals surface area contributed by atoms with E-state index in [4.69, 9.17) is 14.2 Å². The number of ether oxygens (including phenoxy) is 3. The predicted molar refractivity (Wildman–Crippen MR) is 119 cm³/mol. The molecule has 0 spiro atoms. The van der Waals surface area contributed by atoms with E-state index in [1.807, 2.05) is 49.4 Å². The summed E-state index contributed by atoms with van der Waals surface area (Å²) in [6.45, 7) is 5.92. The summed E-state index contributed by atoms with van der Waals surface area (Å²) in [6, 6.07) is 28.8. The smallest absolute Gasteiger partial charge is 0.162 e. The lowest BCUT2D eigenvalue weighted by Crippen LogP contribution is -2.45. The Hall–Kier alpha value is -2.82. The second kappa shape index (κ2) is 10.3. The van der Waals surface area contributed by atoms with Gasteiger partial charge in [-0.2, -0.15) is 0 Å². The van der Waals surface area contributed by atoms with Crippen molar-refractivity contribution in [3.05, 3.63) is 96.1 Å². The third-order valence-electron chi connectivity index (χ3n) is 5.30. The summed E-state index contributed by atoms with van der Waals surface area (Å²) in [5, 5.41) is 0. The molecule has 3 aromatic carbocycles. The van der Waals surface area contributed by atoms with Gasteiger partial charge in [0, 0.05) is 19.6 Å². The molecular formula is C26H29NO3. The molecule has 0 unspecified atom stereocenters. The Bertz CT molecular complexity index is 900. The average molecular weight is 404 g/mol. The zero-order chi connectivity index (χ0) is 20.6. The van der Waals surface area contributed by atoms with Crippen LogP contribution in [0.3, 0.4) is 0 Å². The van der Waals surface area contributed by atoms with Crippen molar-refractivity contribution in [2.75, 3.05) is 26.3 Å². The van der Waals surface area contributed by atoms with E-state index < -0.39 is 0 Å². The molecule has 0 bridgehead atoms. The molecule has 0 N–H and O–H groups in total. The van der Waals surface area contributed by atoms with Crippen LogP contribution in [0.5, 0.6) is 11.5 Å². The first kappa shape index (κ1) is 20.5. The van der Waals surface area contributed by atoms with E-state index in [-0.39, 0.29) is 12.2 Å². The van der Waals surface area contributed by atoms with Crippen LogP contribution in [0, 0.1) is 0 Å². The van der Waals surface area contributed by atoms with Crippen molar-refractivity contribution in [1.82, 2.24) is 4.90 Å². The van der Waals surface area contributed by atoms with Gasteiger partial charge in [-0.3, -0.25) is 4.90 Å². The fraction of sp³-hybridized carbons (Fsp3) is 0.308. The molecule has 4 nitrogen and oxygen atoms in total. The van der Waals surface area contributed by atoms with Gasteiger partial charge in [0.1, 0.15) is 6.10 Å². The van der Waals surface area contributed by atoms with Crippen LogP contribution in [-0.2, 0) is 11.3 Å². The number of hydrogen-bond donors (Lipinski definition) is 0. The highest BCUT2D eigenvalue weighted by atomic mass is 16.6. The van der Waals surface area contributed by atoms with Crippen LogP contribution >= 0.6 is 0 Å². The quantitative estimate of drug-likeness (QED) is 0.523. The predicted octanol–water partition coefficient (Wildman–Crippen LogP) is 5.11. The number of hydrogen-bond acceptors (Lipinski definition) is 4. The van der Waals surface area contributed by atoms with Gasteiger partial charge >= 0.3 is 0 Å². The molecule has 0 amide bonds. The number of morpholine rings is 1. The zero-order valence-corrected chi connectivity index (χ0v) is 17.4. The highest BCUT2D eigenvalue weighted by Gasteiger charge is 2.31. The number of benzene rings is 3. The van der Waals surface area contributed by atoms with Crippen molar-refractivity contribution >= 4 is 0 Å². The van der Waals surface area contributed by atoms with Gasteiger partial charge in [-0.25, -0.2) is 0 Å². The standard InChI is InChI=1S/C26H29NO3/c1-2-28-23-15-9-10-16-24(23)30-26(22-13-7-4-8-14-22)25-20-27(17-18-29-25)19-21-11-5-3-6-12-21/h3-16,25-26H,2,17-20H2,1H3/t25-,26+/m0/s1. The van der Waals surface area contributed by atoms with Crippen molar-refractivity contribution in [3.63, 3.8) is 0 Å². The number of nitrogens with zero attached hydrogens (tertiary/aromatic N) is 1. The number of rotatable bonds is 8. The summed E-state index contributed by atoms with van der Waals surface area (Å²) in [5.41, 5.74) is 2.42. The first-order valence-corrected chi connectivity index (χ1v) is 10.6. The summed E-state index contributed by atoms with van der Waals surface area (Å²) in [4.78, 5) is 2.44. The second-order valence-corrected chi connectivity index (χ2v) is 7.46. The molecule has 4 heteroatoms. The fourth-order valence-corrected chi connectivity index (χ4v) is 3.86. The van der Waals surface area contributed by atoms with Crippen LogP contribution in [0.15, 0.2) is 84.9 Å². The van der Waals surface area contributed by atoms with Crippen LogP contribution in [0.1, 0.15) is 24.2 Å². The van der Waals surface area contributed by atoms with Crippen LogP contribution in [-0.4, -0.2) is 37.3 Å². The maximum Gasteiger partial charge on any atom is 0.162 e. The summed E-state index contributed by atoms with van der Waals surface area (Å²) in [6.07, 6.45) is -0.286. The maximum absolute atomic E-state index is 6.55. The molecule has 0 saturated carbocycles. The molecule has 1 heterocycles. The average Bonchev–Trinajstić information content (AvgIpc) is 2.80. The van der Waals surface area contributed by atoms with E-state index in [9.17, 15) is 0 Å². The second-order valence-electron chi connectivity index (χ2n) is 7.46.